The molecule has 1 aliphatic heterocycles. The third kappa shape index (κ3) is 11.0. The molecule has 0 aromatic rings. The number of guanidine groups is 1. The van der Waals surface area contributed by atoms with Crippen LogP contribution in [0.1, 0.15) is 51.4 Å². The summed E-state index contributed by atoms with van der Waals surface area (Å²) in [7, 11) is 4.01. The highest BCUT2D eigenvalue weighted by atomic mass is 127. The predicted octanol–water partition coefficient (Wildman–Crippen LogP) is 3.73. The first kappa shape index (κ1) is 22.7. The molecule has 1 saturated heterocycles. The zero-order valence-electron chi connectivity index (χ0n) is 15.2. The number of nitrogens with zero attached hydrogens (tertiary/aromatic N) is 3. The Labute approximate surface area is 160 Å². The van der Waals surface area contributed by atoms with Crippen LogP contribution in [0.2, 0.25) is 0 Å². The predicted molar refractivity (Wildman–Crippen MR) is 113 cm³/mol. The Morgan fingerprint density at radius 3 is 2.57 bits per heavy atom. The van der Waals surface area contributed by atoms with Gasteiger partial charge in [-0.1, -0.05) is 12.5 Å². The lowest BCUT2D eigenvalue weighted by Gasteiger charge is -2.22. The van der Waals surface area contributed by atoms with E-state index in [0.717, 1.165) is 25.5 Å². The minimum atomic E-state index is 0. The molecule has 1 rings (SSSR count). The van der Waals surface area contributed by atoms with E-state index in [9.17, 15) is 0 Å². The van der Waals surface area contributed by atoms with Gasteiger partial charge in [-0.3, -0.25) is 4.99 Å². The molecule has 0 aliphatic carbocycles. The molecule has 0 saturated carbocycles. The van der Waals surface area contributed by atoms with Crippen molar-refractivity contribution in [2.75, 3.05) is 46.8 Å². The average molecular weight is 436 g/mol. The van der Waals surface area contributed by atoms with Crippen molar-refractivity contribution < 1.29 is 0 Å². The Hall–Kier alpha value is -0.300. The zero-order chi connectivity index (χ0) is 16.0. The van der Waals surface area contributed by atoms with Crippen molar-refractivity contribution in [3.05, 3.63) is 12.7 Å². The van der Waals surface area contributed by atoms with Gasteiger partial charge in [0.25, 0.3) is 0 Å². The number of nitrogens with one attached hydrogen (secondary N) is 1. The highest BCUT2D eigenvalue weighted by Crippen LogP contribution is 2.08. The molecule has 1 fully saturated rings. The van der Waals surface area contributed by atoms with Gasteiger partial charge >= 0.3 is 0 Å². The van der Waals surface area contributed by atoms with Crippen LogP contribution in [0.3, 0.4) is 0 Å². The summed E-state index contributed by atoms with van der Waals surface area (Å²) in [6.45, 7) is 9.75. The van der Waals surface area contributed by atoms with Crippen molar-refractivity contribution in [1.82, 2.24) is 15.1 Å². The summed E-state index contributed by atoms with van der Waals surface area (Å²) in [5.74, 6) is 1.03. The number of unbranched alkanes of at least 4 members (excludes halogenated alkanes) is 4. The fraction of sp³-hybridized carbons (Fsp3) is 0.833. The lowest BCUT2D eigenvalue weighted by molar-refractivity contribution is 0.330. The van der Waals surface area contributed by atoms with Gasteiger partial charge in [0.2, 0.25) is 0 Å². The van der Waals surface area contributed by atoms with Crippen molar-refractivity contribution in [3.8, 4) is 0 Å². The van der Waals surface area contributed by atoms with Crippen molar-refractivity contribution in [1.29, 1.82) is 0 Å². The summed E-state index contributed by atoms with van der Waals surface area (Å²) >= 11 is 0. The SMILES string of the molecule is C=CCCCCCN(C)C(=NC)NCCCCN1CCCC1.I. The molecule has 0 radical (unpaired) electrons. The number of rotatable bonds is 11. The molecule has 23 heavy (non-hydrogen) atoms. The van der Waals surface area contributed by atoms with Crippen molar-refractivity contribution >= 4 is 29.9 Å². The van der Waals surface area contributed by atoms with E-state index >= 15 is 0 Å². The molecular formula is C18H37IN4. The van der Waals surface area contributed by atoms with E-state index in [0.29, 0.717) is 0 Å². The number of likely N-dealkylation sites (tertiary alicyclic amines) is 1. The van der Waals surface area contributed by atoms with E-state index < -0.39 is 0 Å². The topological polar surface area (TPSA) is 30.9 Å². The number of halogens is 1. The summed E-state index contributed by atoms with van der Waals surface area (Å²) < 4.78 is 0. The van der Waals surface area contributed by atoms with Crippen molar-refractivity contribution in [3.63, 3.8) is 0 Å². The summed E-state index contributed by atoms with van der Waals surface area (Å²) in [4.78, 5) is 9.21. The first-order valence-corrected chi connectivity index (χ1v) is 9.03. The second-order valence-electron chi connectivity index (χ2n) is 6.29. The van der Waals surface area contributed by atoms with Crippen molar-refractivity contribution in [2.45, 2.75) is 51.4 Å². The zero-order valence-corrected chi connectivity index (χ0v) is 17.6. The van der Waals surface area contributed by atoms with Gasteiger partial charge < -0.3 is 15.1 Å². The molecule has 0 bridgehead atoms. The van der Waals surface area contributed by atoms with Crippen LogP contribution in [0.15, 0.2) is 17.6 Å². The second-order valence-corrected chi connectivity index (χ2v) is 6.29. The maximum absolute atomic E-state index is 4.38. The third-order valence-corrected chi connectivity index (χ3v) is 4.36. The van der Waals surface area contributed by atoms with Gasteiger partial charge in [-0.25, -0.2) is 0 Å². The minimum absolute atomic E-state index is 0. The Kier molecular flexibility index (Phi) is 15.0. The smallest absolute Gasteiger partial charge is 0.193 e. The monoisotopic (exact) mass is 436 g/mol. The van der Waals surface area contributed by atoms with Crippen LogP contribution in [0.25, 0.3) is 0 Å². The molecule has 1 aliphatic rings. The number of hydrogen-bond acceptors (Lipinski definition) is 2. The highest BCUT2D eigenvalue weighted by molar-refractivity contribution is 14.0. The molecule has 0 unspecified atom stereocenters. The van der Waals surface area contributed by atoms with Gasteiger partial charge in [0, 0.05) is 27.2 Å². The van der Waals surface area contributed by atoms with Gasteiger partial charge in [0.15, 0.2) is 5.96 Å². The molecule has 1 heterocycles. The van der Waals surface area contributed by atoms with Crippen LogP contribution < -0.4 is 5.32 Å². The van der Waals surface area contributed by atoms with E-state index in [-0.39, 0.29) is 24.0 Å². The van der Waals surface area contributed by atoms with Gasteiger partial charge in [0.1, 0.15) is 0 Å². The lowest BCUT2D eigenvalue weighted by Crippen LogP contribution is -2.39. The minimum Gasteiger partial charge on any atom is -0.356 e. The van der Waals surface area contributed by atoms with Crippen LogP contribution in [0, 0.1) is 0 Å². The van der Waals surface area contributed by atoms with E-state index in [1.807, 2.05) is 13.1 Å². The first-order valence-electron chi connectivity index (χ1n) is 9.03. The number of allylic oxidation sites excluding steroid dienone is 1. The molecule has 0 aromatic heterocycles. The van der Waals surface area contributed by atoms with Gasteiger partial charge in [-0.05, 0) is 64.6 Å². The number of hydrogen-bond donors (Lipinski definition) is 1. The van der Waals surface area contributed by atoms with Crippen LogP contribution in [0.4, 0.5) is 0 Å². The van der Waals surface area contributed by atoms with Gasteiger partial charge in [0.05, 0.1) is 0 Å². The summed E-state index contributed by atoms with van der Waals surface area (Å²) in [5, 5.41) is 3.49. The van der Waals surface area contributed by atoms with Crippen molar-refractivity contribution in [2.24, 2.45) is 4.99 Å². The Bertz CT molecular complexity index is 314. The molecule has 1 N–H and O–H groups in total. The average Bonchev–Trinajstić information content (AvgIpc) is 3.03. The summed E-state index contributed by atoms with van der Waals surface area (Å²) in [6.07, 6.45) is 12.2. The molecule has 0 amide bonds. The molecule has 136 valence electrons. The fourth-order valence-electron chi connectivity index (χ4n) is 2.97. The molecule has 4 nitrogen and oxygen atoms in total. The van der Waals surface area contributed by atoms with E-state index in [4.69, 9.17) is 0 Å². The van der Waals surface area contributed by atoms with Gasteiger partial charge in [-0.2, -0.15) is 0 Å². The standard InChI is InChI=1S/C18H36N4.HI/c1-4-5-6-7-9-14-21(3)18(19-2)20-13-8-10-15-22-16-11-12-17-22;/h4H,1,5-17H2,2-3H3,(H,19,20);1H. The van der Waals surface area contributed by atoms with Gasteiger partial charge in [-0.15, -0.1) is 30.6 Å². The number of aliphatic imine (C=N–C) groups is 1. The molecule has 0 atom stereocenters. The van der Waals surface area contributed by atoms with Crippen LogP contribution >= 0.6 is 24.0 Å². The van der Waals surface area contributed by atoms with Crippen LogP contribution in [0.5, 0.6) is 0 Å². The Balaban J connectivity index is 0.00000484. The van der Waals surface area contributed by atoms with E-state index in [1.54, 1.807) is 0 Å². The van der Waals surface area contributed by atoms with E-state index in [2.05, 4.69) is 33.7 Å². The largest absolute Gasteiger partial charge is 0.356 e. The highest BCUT2D eigenvalue weighted by Gasteiger charge is 2.10. The summed E-state index contributed by atoms with van der Waals surface area (Å²) in [6, 6.07) is 0. The molecular weight excluding hydrogens is 399 g/mol. The maximum atomic E-state index is 4.38. The lowest BCUT2D eigenvalue weighted by atomic mass is 10.2. The molecule has 0 aromatic carbocycles. The quantitative estimate of drug-likeness (QED) is 0.176. The van der Waals surface area contributed by atoms with Crippen LogP contribution in [-0.2, 0) is 0 Å². The maximum Gasteiger partial charge on any atom is 0.193 e. The Morgan fingerprint density at radius 1 is 1.17 bits per heavy atom. The van der Waals surface area contributed by atoms with Crippen LogP contribution in [-0.4, -0.2) is 62.6 Å². The normalized spacial score (nSPS) is 15.3. The molecule has 0 spiro atoms. The molecule has 5 heteroatoms. The fourth-order valence-corrected chi connectivity index (χ4v) is 2.97. The summed E-state index contributed by atoms with van der Waals surface area (Å²) in [5.41, 5.74) is 0. The first-order chi connectivity index (χ1) is 10.8. The Morgan fingerprint density at radius 2 is 1.91 bits per heavy atom. The third-order valence-electron chi connectivity index (χ3n) is 4.36. The second kappa shape index (κ2) is 15.2. The van der Waals surface area contributed by atoms with E-state index in [1.165, 1.54) is 64.6 Å².